The molecule has 1 atom stereocenters. The number of benzene rings is 1. The molecule has 1 amide bonds. The first-order valence-electron chi connectivity index (χ1n) is 9.76. The van der Waals surface area contributed by atoms with E-state index in [1.54, 1.807) is 29.5 Å². The molecular weight excluding hydrogens is 391 g/mol. The van der Waals surface area contributed by atoms with E-state index in [1.165, 1.54) is 18.1 Å². The molecule has 4 rings (SSSR count). The second-order valence-electron chi connectivity index (χ2n) is 7.42. The number of thiazole rings is 1. The number of piperidine rings is 1. The van der Waals surface area contributed by atoms with Crippen LogP contribution in [0.3, 0.4) is 0 Å². The SMILES string of the molecule is COCC(=O)N1CCC[C@H](c2nc(Nc3ccccc3F)n3c(C)c(C)sc23)C1. The van der Waals surface area contributed by atoms with Gasteiger partial charge < -0.3 is 15.0 Å². The van der Waals surface area contributed by atoms with E-state index in [1.807, 2.05) is 11.8 Å². The number of ether oxygens (including phenoxy) is 1. The minimum Gasteiger partial charge on any atom is -0.375 e. The van der Waals surface area contributed by atoms with Gasteiger partial charge >= 0.3 is 0 Å². The normalized spacial score (nSPS) is 17.1. The van der Waals surface area contributed by atoms with Crippen LogP contribution in [0.25, 0.3) is 4.83 Å². The predicted octanol–water partition coefficient (Wildman–Crippen LogP) is 4.25. The van der Waals surface area contributed by atoms with Crippen molar-refractivity contribution >= 4 is 33.7 Å². The number of carbonyl (C=O) groups excluding carboxylic acids is 1. The number of para-hydroxylation sites is 1. The Morgan fingerprint density at radius 2 is 2.17 bits per heavy atom. The van der Waals surface area contributed by atoms with Crippen molar-refractivity contribution in [1.82, 2.24) is 14.3 Å². The largest absolute Gasteiger partial charge is 0.375 e. The van der Waals surface area contributed by atoms with E-state index in [0.29, 0.717) is 18.2 Å². The molecule has 3 aromatic rings. The van der Waals surface area contributed by atoms with Gasteiger partial charge in [0.15, 0.2) is 0 Å². The van der Waals surface area contributed by atoms with Gasteiger partial charge in [-0.05, 0) is 38.8 Å². The Morgan fingerprint density at radius 1 is 1.38 bits per heavy atom. The second kappa shape index (κ2) is 8.12. The van der Waals surface area contributed by atoms with Crippen LogP contribution in [-0.2, 0) is 9.53 Å². The molecule has 8 heteroatoms. The van der Waals surface area contributed by atoms with Gasteiger partial charge in [-0.1, -0.05) is 12.1 Å². The van der Waals surface area contributed by atoms with Crippen LogP contribution < -0.4 is 5.32 Å². The number of carbonyl (C=O) groups is 1. The van der Waals surface area contributed by atoms with Gasteiger partial charge in [-0.15, -0.1) is 11.3 Å². The third-order valence-electron chi connectivity index (χ3n) is 5.50. The van der Waals surface area contributed by atoms with Crippen molar-refractivity contribution in [3.05, 3.63) is 46.3 Å². The van der Waals surface area contributed by atoms with Crippen molar-refractivity contribution in [1.29, 1.82) is 0 Å². The molecule has 1 N–H and O–H groups in total. The molecule has 0 radical (unpaired) electrons. The molecule has 1 fully saturated rings. The Morgan fingerprint density at radius 3 is 2.93 bits per heavy atom. The zero-order valence-corrected chi connectivity index (χ0v) is 17.7. The molecule has 1 aromatic carbocycles. The third kappa shape index (κ3) is 3.74. The molecule has 0 aliphatic carbocycles. The number of fused-ring (bicyclic) bond motifs is 1. The van der Waals surface area contributed by atoms with E-state index >= 15 is 0 Å². The number of aryl methyl sites for hydroxylation is 2. The summed E-state index contributed by atoms with van der Waals surface area (Å²) in [7, 11) is 1.54. The lowest BCUT2D eigenvalue weighted by Gasteiger charge is -2.31. The van der Waals surface area contributed by atoms with Gasteiger partial charge in [-0.2, -0.15) is 0 Å². The van der Waals surface area contributed by atoms with Crippen molar-refractivity contribution in [2.45, 2.75) is 32.6 Å². The quantitative estimate of drug-likeness (QED) is 0.676. The van der Waals surface area contributed by atoms with Crippen molar-refractivity contribution in [2.24, 2.45) is 0 Å². The summed E-state index contributed by atoms with van der Waals surface area (Å²) in [6.07, 6.45) is 1.90. The highest BCUT2D eigenvalue weighted by molar-refractivity contribution is 7.17. The molecule has 0 unspecified atom stereocenters. The fourth-order valence-electron chi connectivity index (χ4n) is 3.88. The van der Waals surface area contributed by atoms with E-state index in [-0.39, 0.29) is 24.2 Å². The maximum absolute atomic E-state index is 14.2. The number of hydrogen-bond donors (Lipinski definition) is 1. The second-order valence-corrected chi connectivity index (χ2v) is 8.62. The van der Waals surface area contributed by atoms with Crippen LogP contribution in [0.1, 0.15) is 35.0 Å². The molecule has 1 aliphatic rings. The van der Waals surface area contributed by atoms with Crippen molar-refractivity contribution in [2.75, 3.05) is 32.1 Å². The van der Waals surface area contributed by atoms with Gasteiger partial charge in [-0.25, -0.2) is 9.37 Å². The Bertz CT molecular complexity index is 1040. The highest BCUT2D eigenvalue weighted by atomic mass is 32.1. The molecule has 0 bridgehead atoms. The van der Waals surface area contributed by atoms with Gasteiger partial charge in [0.05, 0.1) is 11.4 Å². The maximum Gasteiger partial charge on any atom is 0.248 e. The molecule has 154 valence electrons. The van der Waals surface area contributed by atoms with Crippen LogP contribution >= 0.6 is 11.3 Å². The molecule has 0 spiro atoms. The van der Waals surface area contributed by atoms with Gasteiger partial charge in [0.1, 0.15) is 17.3 Å². The molecule has 6 nitrogen and oxygen atoms in total. The van der Waals surface area contributed by atoms with Crippen LogP contribution in [0.15, 0.2) is 24.3 Å². The maximum atomic E-state index is 14.2. The van der Waals surface area contributed by atoms with Crippen LogP contribution in [-0.4, -0.2) is 47.0 Å². The zero-order valence-electron chi connectivity index (χ0n) is 16.9. The Labute approximate surface area is 173 Å². The summed E-state index contributed by atoms with van der Waals surface area (Å²) in [6.45, 7) is 5.61. The van der Waals surface area contributed by atoms with Gasteiger partial charge in [0, 0.05) is 36.7 Å². The molecule has 2 aromatic heterocycles. The third-order valence-corrected chi connectivity index (χ3v) is 6.69. The topological polar surface area (TPSA) is 58.9 Å². The highest BCUT2D eigenvalue weighted by Crippen LogP contribution is 2.37. The van der Waals surface area contributed by atoms with Crippen LogP contribution in [0, 0.1) is 19.7 Å². The molecule has 1 aliphatic heterocycles. The van der Waals surface area contributed by atoms with E-state index in [2.05, 4.69) is 16.6 Å². The monoisotopic (exact) mass is 416 g/mol. The Hall–Kier alpha value is -2.45. The van der Waals surface area contributed by atoms with E-state index in [4.69, 9.17) is 9.72 Å². The summed E-state index contributed by atoms with van der Waals surface area (Å²) in [4.78, 5) is 21.3. The summed E-state index contributed by atoms with van der Waals surface area (Å²) in [5.41, 5.74) is 2.46. The number of nitrogens with zero attached hydrogens (tertiary/aromatic N) is 3. The van der Waals surface area contributed by atoms with Gasteiger partial charge in [0.2, 0.25) is 11.9 Å². The molecular formula is C21H25FN4O2S. The minimum absolute atomic E-state index is 0.0101. The number of hydrogen-bond acceptors (Lipinski definition) is 5. The first-order valence-corrected chi connectivity index (χ1v) is 10.6. The molecule has 1 saturated heterocycles. The first kappa shape index (κ1) is 19.8. The fourth-order valence-corrected chi connectivity index (χ4v) is 5.04. The highest BCUT2D eigenvalue weighted by Gasteiger charge is 2.30. The summed E-state index contributed by atoms with van der Waals surface area (Å²) in [5, 5.41) is 3.17. The van der Waals surface area contributed by atoms with E-state index in [9.17, 15) is 9.18 Å². The van der Waals surface area contributed by atoms with E-state index in [0.717, 1.165) is 35.6 Å². The number of imidazole rings is 1. The number of aromatic nitrogens is 2. The number of halogens is 1. The minimum atomic E-state index is -0.315. The number of likely N-dealkylation sites (tertiary alicyclic amines) is 1. The van der Waals surface area contributed by atoms with Crippen LogP contribution in [0.4, 0.5) is 16.0 Å². The average molecular weight is 417 g/mol. The van der Waals surface area contributed by atoms with Gasteiger partial charge in [-0.3, -0.25) is 9.20 Å². The lowest BCUT2D eigenvalue weighted by atomic mass is 9.95. The van der Waals surface area contributed by atoms with Crippen molar-refractivity contribution in [3.8, 4) is 0 Å². The summed E-state index contributed by atoms with van der Waals surface area (Å²) in [6, 6.07) is 6.60. The summed E-state index contributed by atoms with van der Waals surface area (Å²) < 4.78 is 21.3. The average Bonchev–Trinajstić information content (AvgIpc) is 3.21. The van der Waals surface area contributed by atoms with Crippen LogP contribution in [0.2, 0.25) is 0 Å². The lowest BCUT2D eigenvalue weighted by Crippen LogP contribution is -2.41. The zero-order chi connectivity index (χ0) is 20.5. The number of anilines is 2. The molecule has 3 heterocycles. The van der Waals surface area contributed by atoms with Crippen molar-refractivity contribution in [3.63, 3.8) is 0 Å². The Balaban J connectivity index is 1.71. The standard InChI is InChI=1S/C21H25FN4O2S/c1-13-14(2)29-20-19(15-7-6-10-25(11-15)18(27)12-28-3)24-21(26(13)20)23-17-9-5-4-8-16(17)22/h4-5,8-9,15H,6-7,10-12H2,1-3H3,(H,23,24)/t15-/m0/s1. The van der Waals surface area contributed by atoms with Gasteiger partial charge in [0.25, 0.3) is 0 Å². The summed E-state index contributed by atoms with van der Waals surface area (Å²) in [5.74, 6) is 0.454. The fraction of sp³-hybridized carbons (Fsp3) is 0.429. The van der Waals surface area contributed by atoms with Crippen molar-refractivity contribution < 1.29 is 13.9 Å². The number of methoxy groups -OCH3 is 1. The lowest BCUT2D eigenvalue weighted by molar-refractivity contribution is -0.136. The van der Waals surface area contributed by atoms with E-state index < -0.39 is 0 Å². The number of amides is 1. The molecule has 0 saturated carbocycles. The number of nitrogens with one attached hydrogen (secondary N) is 1. The number of rotatable bonds is 5. The molecule has 29 heavy (non-hydrogen) atoms. The van der Waals surface area contributed by atoms with Crippen LogP contribution in [0.5, 0.6) is 0 Å². The predicted molar refractivity (Wildman–Crippen MR) is 113 cm³/mol. The summed E-state index contributed by atoms with van der Waals surface area (Å²) >= 11 is 1.69. The Kier molecular flexibility index (Phi) is 5.56. The smallest absolute Gasteiger partial charge is 0.248 e. The first-order chi connectivity index (χ1) is 14.0.